The van der Waals surface area contributed by atoms with E-state index in [2.05, 4.69) is 0 Å². The molecular weight excluding hydrogens is 308 g/mol. The number of ketones is 3. The molecule has 0 radical (unpaired) electrons. The van der Waals surface area contributed by atoms with Crippen molar-refractivity contribution < 1.29 is 23.9 Å². The van der Waals surface area contributed by atoms with Gasteiger partial charge in [0.2, 0.25) is 0 Å². The quantitative estimate of drug-likeness (QED) is 0.613. The van der Waals surface area contributed by atoms with Gasteiger partial charge in [-0.25, -0.2) is 0 Å². The Bertz CT molecular complexity index is 618. The maximum atomic E-state index is 12.7. The van der Waals surface area contributed by atoms with E-state index in [-0.39, 0.29) is 23.8 Å². The summed E-state index contributed by atoms with van der Waals surface area (Å²) >= 11 is 0. The fourth-order valence-electron chi connectivity index (χ4n) is 2.76. The Balaban J connectivity index is 3.09. The number of carbonyl (C=O) groups is 3. The van der Waals surface area contributed by atoms with Crippen molar-refractivity contribution in [3.8, 4) is 11.5 Å². The molecule has 0 N–H and O–H groups in total. The first-order valence-electron chi connectivity index (χ1n) is 8.12. The predicted octanol–water partition coefficient (Wildman–Crippen LogP) is 3.41. The molecule has 0 aliphatic carbocycles. The molecule has 0 fully saturated rings. The molecule has 0 bridgehead atoms. The summed E-state index contributed by atoms with van der Waals surface area (Å²) in [4.78, 5) is 35.7. The van der Waals surface area contributed by atoms with Crippen molar-refractivity contribution in [3.05, 3.63) is 23.3 Å². The zero-order valence-corrected chi connectivity index (χ0v) is 15.1. The van der Waals surface area contributed by atoms with E-state index < -0.39 is 5.92 Å². The molecule has 1 aromatic rings. The summed E-state index contributed by atoms with van der Waals surface area (Å²) in [5, 5.41) is 0. The highest BCUT2D eigenvalue weighted by atomic mass is 16.5. The third kappa shape index (κ3) is 4.91. The Kier molecular flexibility index (Phi) is 7.62. The van der Waals surface area contributed by atoms with Crippen LogP contribution in [0.5, 0.6) is 11.5 Å². The molecule has 1 rings (SSSR count). The first-order chi connectivity index (χ1) is 11.3. The van der Waals surface area contributed by atoms with Gasteiger partial charge in [0.15, 0.2) is 17.3 Å². The second-order valence-electron chi connectivity index (χ2n) is 5.86. The van der Waals surface area contributed by atoms with Crippen LogP contribution in [0.15, 0.2) is 12.1 Å². The van der Waals surface area contributed by atoms with E-state index in [1.54, 1.807) is 19.2 Å². The van der Waals surface area contributed by atoms with Gasteiger partial charge >= 0.3 is 0 Å². The molecule has 1 unspecified atom stereocenters. The Labute approximate surface area is 143 Å². The van der Waals surface area contributed by atoms with Gasteiger partial charge in [0, 0.05) is 29.9 Å². The van der Waals surface area contributed by atoms with Gasteiger partial charge in [0.05, 0.1) is 14.2 Å². The topological polar surface area (TPSA) is 69.7 Å². The third-order valence-corrected chi connectivity index (χ3v) is 4.15. The van der Waals surface area contributed by atoms with E-state index in [1.165, 1.54) is 21.0 Å². The van der Waals surface area contributed by atoms with Crippen molar-refractivity contribution in [3.63, 3.8) is 0 Å². The smallest absolute Gasteiger partial charge is 0.164 e. The summed E-state index contributed by atoms with van der Waals surface area (Å²) in [5.74, 6) is 0.535. The highest BCUT2D eigenvalue weighted by molar-refractivity contribution is 6.00. The van der Waals surface area contributed by atoms with E-state index >= 15 is 0 Å². The lowest BCUT2D eigenvalue weighted by molar-refractivity contribution is -0.121. The molecule has 0 saturated carbocycles. The number of rotatable bonds is 10. The number of Topliss-reactive ketones (excluding diaryl/α,β-unsaturated/α-hetero) is 3. The number of benzene rings is 1. The van der Waals surface area contributed by atoms with Crippen LogP contribution in [0, 0.1) is 5.92 Å². The summed E-state index contributed by atoms with van der Waals surface area (Å²) in [6.45, 7) is 4.89. The molecule has 0 aliphatic rings. The van der Waals surface area contributed by atoms with Gasteiger partial charge in [-0.15, -0.1) is 0 Å². The zero-order chi connectivity index (χ0) is 18.3. The van der Waals surface area contributed by atoms with Crippen LogP contribution in [-0.2, 0) is 16.0 Å². The summed E-state index contributed by atoms with van der Waals surface area (Å²) in [5.41, 5.74) is 1.32. The molecule has 0 aliphatic heterocycles. The van der Waals surface area contributed by atoms with Crippen LogP contribution in [0.25, 0.3) is 0 Å². The second kappa shape index (κ2) is 9.21. The largest absolute Gasteiger partial charge is 0.493 e. The highest BCUT2D eigenvalue weighted by Gasteiger charge is 2.23. The van der Waals surface area contributed by atoms with Gasteiger partial charge in [-0.05, 0) is 38.8 Å². The zero-order valence-electron chi connectivity index (χ0n) is 15.1. The Morgan fingerprint density at radius 3 is 2.21 bits per heavy atom. The van der Waals surface area contributed by atoms with Crippen molar-refractivity contribution in [1.29, 1.82) is 0 Å². The first kappa shape index (κ1) is 19.9. The second-order valence-corrected chi connectivity index (χ2v) is 5.86. The maximum Gasteiger partial charge on any atom is 0.164 e. The van der Waals surface area contributed by atoms with Crippen molar-refractivity contribution in [2.75, 3.05) is 14.2 Å². The Morgan fingerprint density at radius 1 is 1.08 bits per heavy atom. The van der Waals surface area contributed by atoms with E-state index in [0.29, 0.717) is 36.3 Å². The van der Waals surface area contributed by atoms with Crippen molar-refractivity contribution in [2.45, 2.75) is 46.5 Å². The lowest BCUT2D eigenvalue weighted by Crippen LogP contribution is -2.18. The third-order valence-electron chi connectivity index (χ3n) is 4.15. The van der Waals surface area contributed by atoms with Crippen LogP contribution in [0.1, 0.15) is 56.0 Å². The molecule has 0 aromatic heterocycles. The van der Waals surface area contributed by atoms with Gasteiger partial charge in [-0.2, -0.15) is 0 Å². The summed E-state index contributed by atoms with van der Waals surface area (Å²) in [6, 6.07) is 3.41. The normalized spacial score (nSPS) is 11.7. The minimum absolute atomic E-state index is 0.0223. The van der Waals surface area contributed by atoms with E-state index in [9.17, 15) is 14.4 Å². The fraction of sp³-hybridized carbons (Fsp3) is 0.526. The van der Waals surface area contributed by atoms with E-state index in [0.717, 1.165) is 5.56 Å². The van der Waals surface area contributed by atoms with E-state index in [4.69, 9.17) is 9.47 Å². The monoisotopic (exact) mass is 334 g/mol. The van der Waals surface area contributed by atoms with Crippen LogP contribution in [0.3, 0.4) is 0 Å². The van der Waals surface area contributed by atoms with Crippen LogP contribution in [0.2, 0.25) is 0 Å². The van der Waals surface area contributed by atoms with Crippen LogP contribution >= 0.6 is 0 Å². The SMILES string of the molecule is CCc1c(C(=O)CC(CCC(C)=O)C(C)=O)ccc(OC)c1OC. The Hall–Kier alpha value is -2.17. The molecule has 0 saturated heterocycles. The molecule has 1 aromatic carbocycles. The molecule has 0 spiro atoms. The number of hydrogen-bond donors (Lipinski definition) is 0. The first-order valence-corrected chi connectivity index (χ1v) is 8.12. The minimum atomic E-state index is -0.431. The van der Waals surface area contributed by atoms with Gasteiger partial charge < -0.3 is 14.3 Å². The highest BCUT2D eigenvalue weighted by Crippen LogP contribution is 2.34. The molecule has 1 atom stereocenters. The molecular formula is C19H26O5. The maximum absolute atomic E-state index is 12.7. The van der Waals surface area contributed by atoms with E-state index in [1.807, 2.05) is 6.92 Å². The summed E-state index contributed by atoms with van der Waals surface area (Å²) in [7, 11) is 3.09. The Morgan fingerprint density at radius 2 is 1.75 bits per heavy atom. The average molecular weight is 334 g/mol. The summed E-state index contributed by atoms with van der Waals surface area (Å²) < 4.78 is 10.7. The van der Waals surface area contributed by atoms with Crippen molar-refractivity contribution in [1.82, 2.24) is 0 Å². The number of hydrogen-bond acceptors (Lipinski definition) is 5. The number of methoxy groups -OCH3 is 2. The van der Waals surface area contributed by atoms with Crippen molar-refractivity contribution in [2.24, 2.45) is 5.92 Å². The lowest BCUT2D eigenvalue weighted by atomic mass is 9.88. The number of carbonyl (C=O) groups excluding carboxylic acids is 3. The van der Waals surface area contributed by atoms with Crippen LogP contribution in [0.4, 0.5) is 0 Å². The lowest BCUT2D eigenvalue weighted by Gasteiger charge is -2.17. The van der Waals surface area contributed by atoms with Crippen LogP contribution in [-0.4, -0.2) is 31.6 Å². The van der Waals surface area contributed by atoms with Gasteiger partial charge in [0.1, 0.15) is 11.6 Å². The standard InChI is InChI=1S/C19H26O5/c1-6-15-16(9-10-18(23-4)19(15)24-5)17(22)11-14(13(3)21)8-7-12(2)20/h9-10,14H,6-8,11H2,1-5H3. The molecule has 0 heterocycles. The molecule has 5 heteroatoms. The van der Waals surface area contributed by atoms with Gasteiger partial charge in [-0.3, -0.25) is 9.59 Å². The average Bonchev–Trinajstić information content (AvgIpc) is 2.56. The van der Waals surface area contributed by atoms with Crippen LogP contribution < -0.4 is 9.47 Å². The fourth-order valence-corrected chi connectivity index (χ4v) is 2.76. The van der Waals surface area contributed by atoms with Crippen molar-refractivity contribution >= 4 is 17.3 Å². The predicted molar refractivity (Wildman–Crippen MR) is 92.0 cm³/mol. The molecule has 0 amide bonds. The molecule has 24 heavy (non-hydrogen) atoms. The minimum Gasteiger partial charge on any atom is -0.493 e. The number of ether oxygens (including phenoxy) is 2. The summed E-state index contributed by atoms with van der Waals surface area (Å²) in [6.07, 6.45) is 1.43. The molecule has 5 nitrogen and oxygen atoms in total. The van der Waals surface area contributed by atoms with Gasteiger partial charge in [0.25, 0.3) is 0 Å². The molecule has 132 valence electrons. The van der Waals surface area contributed by atoms with Gasteiger partial charge in [-0.1, -0.05) is 6.92 Å².